The molecular weight excluding hydrogens is 316 g/mol. The molecule has 140 valence electrons. The predicted octanol–water partition coefficient (Wildman–Crippen LogP) is 7.39. The Bertz CT molecular complexity index is 667. The van der Waals surface area contributed by atoms with Gasteiger partial charge in [-0.3, -0.25) is 4.79 Å². The molecule has 0 N–H and O–H groups in total. The molecule has 0 aromatic rings. The summed E-state index contributed by atoms with van der Waals surface area (Å²) < 4.78 is 0. The van der Waals surface area contributed by atoms with Crippen molar-refractivity contribution in [1.82, 2.24) is 0 Å². The average Bonchev–Trinajstić information content (AvgIpc) is 2.58. The van der Waals surface area contributed by atoms with Gasteiger partial charge in [0.15, 0.2) is 0 Å². The summed E-state index contributed by atoms with van der Waals surface area (Å²) in [5.41, 5.74) is 5.86. The minimum Gasteiger partial charge on any atom is -0.298 e. The predicted molar refractivity (Wildman–Crippen MR) is 117 cm³/mol. The minimum atomic E-state index is 0.717. The van der Waals surface area contributed by atoms with Crippen LogP contribution in [0, 0.1) is 0 Å². The molecule has 0 atom stereocenters. The summed E-state index contributed by atoms with van der Waals surface area (Å²) in [6, 6.07) is 0. The van der Waals surface area contributed by atoms with E-state index in [-0.39, 0.29) is 0 Å². The molecule has 1 nitrogen and oxygen atoms in total. The molecular formula is C25H34O. The van der Waals surface area contributed by atoms with Crippen molar-refractivity contribution in [3.05, 3.63) is 94.7 Å². The molecule has 0 spiro atoms. The number of aldehydes is 1. The van der Waals surface area contributed by atoms with E-state index in [4.69, 9.17) is 0 Å². The second-order valence-corrected chi connectivity index (χ2v) is 6.79. The van der Waals surface area contributed by atoms with E-state index in [9.17, 15) is 4.79 Å². The van der Waals surface area contributed by atoms with E-state index >= 15 is 0 Å². The molecule has 0 unspecified atom stereocenters. The van der Waals surface area contributed by atoms with Crippen molar-refractivity contribution < 1.29 is 4.79 Å². The molecule has 0 aliphatic carbocycles. The lowest BCUT2D eigenvalue weighted by Crippen LogP contribution is -1.76. The van der Waals surface area contributed by atoms with Gasteiger partial charge in [-0.25, -0.2) is 0 Å². The molecule has 0 amide bonds. The van der Waals surface area contributed by atoms with Crippen molar-refractivity contribution in [3.63, 3.8) is 0 Å². The quantitative estimate of drug-likeness (QED) is 0.174. The molecule has 0 aromatic heterocycles. The molecule has 0 aliphatic heterocycles. The fourth-order valence-corrected chi connectivity index (χ4v) is 1.95. The Labute approximate surface area is 160 Å². The summed E-state index contributed by atoms with van der Waals surface area (Å²) in [6.07, 6.45) is 25.6. The van der Waals surface area contributed by atoms with Crippen molar-refractivity contribution in [2.75, 3.05) is 0 Å². The van der Waals surface area contributed by atoms with Crippen LogP contribution < -0.4 is 0 Å². The van der Waals surface area contributed by atoms with Gasteiger partial charge in [-0.1, -0.05) is 89.1 Å². The van der Waals surface area contributed by atoms with Gasteiger partial charge in [-0.15, -0.1) is 0 Å². The van der Waals surface area contributed by atoms with E-state index < -0.39 is 0 Å². The van der Waals surface area contributed by atoms with Crippen LogP contribution in [0.5, 0.6) is 0 Å². The molecule has 0 saturated heterocycles. The maximum absolute atomic E-state index is 10.5. The average molecular weight is 351 g/mol. The lowest BCUT2D eigenvalue weighted by Gasteiger charge is -1.96. The molecule has 0 rings (SSSR count). The first-order valence-electron chi connectivity index (χ1n) is 9.14. The van der Waals surface area contributed by atoms with Crippen LogP contribution in [0.15, 0.2) is 94.7 Å². The van der Waals surface area contributed by atoms with E-state index in [2.05, 4.69) is 77.2 Å². The SMILES string of the molecule is CC(C)=CCCC(C)=CC=CC(C)=CC=CC(C)=CC=CC=C(C)C=O. The van der Waals surface area contributed by atoms with E-state index in [1.54, 1.807) is 13.0 Å². The standard InChI is InChI=1S/C25H34O/c1-21(2)12-9-15-23(4)17-11-19-24(5)18-10-16-22(3)13-7-8-14-25(6)20-26/h7-8,10-14,16-20H,9,15H2,1-6H3. The summed E-state index contributed by atoms with van der Waals surface area (Å²) in [4.78, 5) is 10.5. The Morgan fingerprint density at radius 3 is 1.69 bits per heavy atom. The van der Waals surface area contributed by atoms with Crippen LogP contribution in [-0.2, 0) is 4.79 Å². The zero-order chi connectivity index (χ0) is 19.8. The van der Waals surface area contributed by atoms with Crippen molar-refractivity contribution in [3.8, 4) is 0 Å². The third-order valence-corrected chi connectivity index (χ3v) is 3.56. The van der Waals surface area contributed by atoms with Crippen LogP contribution in [0.4, 0.5) is 0 Å². The first kappa shape index (κ1) is 23.6. The second kappa shape index (κ2) is 14.9. The maximum Gasteiger partial charge on any atom is 0.145 e. The fraction of sp³-hybridized carbons (Fsp3) is 0.320. The van der Waals surface area contributed by atoms with Crippen LogP contribution in [0.1, 0.15) is 54.4 Å². The van der Waals surface area contributed by atoms with E-state index in [1.165, 1.54) is 16.7 Å². The summed E-state index contributed by atoms with van der Waals surface area (Å²) in [6.45, 7) is 12.4. The molecule has 0 radical (unpaired) electrons. The zero-order valence-electron chi connectivity index (χ0n) is 17.3. The number of allylic oxidation sites excluding steroid dienone is 16. The van der Waals surface area contributed by atoms with Crippen molar-refractivity contribution in [2.45, 2.75) is 54.4 Å². The largest absolute Gasteiger partial charge is 0.298 e. The summed E-state index contributed by atoms with van der Waals surface area (Å²) in [7, 11) is 0. The molecule has 0 heterocycles. The number of rotatable bonds is 10. The van der Waals surface area contributed by atoms with Gasteiger partial charge in [0.25, 0.3) is 0 Å². The number of hydrogen-bond acceptors (Lipinski definition) is 1. The molecule has 0 aliphatic rings. The lowest BCUT2D eigenvalue weighted by atomic mass is 10.1. The highest BCUT2D eigenvalue weighted by molar-refractivity contribution is 5.72. The first-order valence-corrected chi connectivity index (χ1v) is 9.14. The van der Waals surface area contributed by atoms with Crippen molar-refractivity contribution in [2.24, 2.45) is 0 Å². The molecule has 1 heteroatoms. The topological polar surface area (TPSA) is 17.1 Å². The maximum atomic E-state index is 10.5. The number of hydrogen-bond donors (Lipinski definition) is 0. The van der Waals surface area contributed by atoms with Crippen molar-refractivity contribution >= 4 is 6.29 Å². The van der Waals surface area contributed by atoms with Crippen LogP contribution in [0.25, 0.3) is 0 Å². The highest BCUT2D eigenvalue weighted by atomic mass is 16.1. The van der Waals surface area contributed by atoms with E-state index in [1.807, 2.05) is 18.2 Å². The third-order valence-electron chi connectivity index (χ3n) is 3.56. The van der Waals surface area contributed by atoms with Crippen LogP contribution >= 0.6 is 0 Å². The van der Waals surface area contributed by atoms with Gasteiger partial charge in [0.05, 0.1) is 0 Å². The normalized spacial score (nSPS) is 14.7. The summed E-state index contributed by atoms with van der Waals surface area (Å²) >= 11 is 0. The molecule has 0 aromatic carbocycles. The van der Waals surface area contributed by atoms with Gasteiger partial charge < -0.3 is 0 Å². The number of carbonyl (C=O) groups excluding carboxylic acids is 1. The van der Waals surface area contributed by atoms with Gasteiger partial charge >= 0.3 is 0 Å². The minimum absolute atomic E-state index is 0.717. The Morgan fingerprint density at radius 2 is 1.15 bits per heavy atom. The van der Waals surface area contributed by atoms with Gasteiger partial charge in [-0.05, 0) is 60.0 Å². The van der Waals surface area contributed by atoms with Crippen LogP contribution in [0.2, 0.25) is 0 Å². The molecule has 0 saturated carbocycles. The Kier molecular flexibility index (Phi) is 13.5. The number of carbonyl (C=O) groups is 1. The van der Waals surface area contributed by atoms with Crippen LogP contribution in [-0.4, -0.2) is 6.29 Å². The van der Waals surface area contributed by atoms with Crippen LogP contribution in [0.3, 0.4) is 0 Å². The molecule has 0 bridgehead atoms. The first-order chi connectivity index (χ1) is 12.3. The second-order valence-electron chi connectivity index (χ2n) is 6.79. The zero-order valence-corrected chi connectivity index (χ0v) is 17.3. The van der Waals surface area contributed by atoms with Gasteiger partial charge in [0.2, 0.25) is 0 Å². The smallest absolute Gasteiger partial charge is 0.145 e. The third kappa shape index (κ3) is 15.1. The van der Waals surface area contributed by atoms with Crippen molar-refractivity contribution in [1.29, 1.82) is 0 Å². The summed E-state index contributed by atoms with van der Waals surface area (Å²) in [5, 5.41) is 0. The lowest BCUT2D eigenvalue weighted by molar-refractivity contribution is -0.104. The Balaban J connectivity index is 4.51. The Morgan fingerprint density at radius 1 is 0.654 bits per heavy atom. The fourth-order valence-electron chi connectivity index (χ4n) is 1.95. The Hall–Kier alpha value is -2.41. The van der Waals surface area contributed by atoms with E-state index in [0.29, 0.717) is 0 Å². The monoisotopic (exact) mass is 350 g/mol. The van der Waals surface area contributed by atoms with Gasteiger partial charge in [0, 0.05) is 0 Å². The molecule has 26 heavy (non-hydrogen) atoms. The molecule has 0 fully saturated rings. The van der Waals surface area contributed by atoms with Gasteiger partial charge in [-0.2, -0.15) is 0 Å². The summed E-state index contributed by atoms with van der Waals surface area (Å²) in [5.74, 6) is 0. The van der Waals surface area contributed by atoms with E-state index in [0.717, 1.165) is 30.3 Å². The highest BCUT2D eigenvalue weighted by Gasteiger charge is 1.87. The van der Waals surface area contributed by atoms with Gasteiger partial charge in [0.1, 0.15) is 6.29 Å². The highest BCUT2D eigenvalue weighted by Crippen LogP contribution is 2.07.